The SMILES string of the molecule is Cc1c2cnn(C3=C(Cl)CCC=C3)c(=O)c2c(C)n1-c1ccccc1. The molecular formula is C20H18ClN3O. The van der Waals surface area contributed by atoms with Crippen LogP contribution < -0.4 is 5.56 Å². The molecule has 0 radical (unpaired) electrons. The molecule has 5 heteroatoms. The fraction of sp³-hybridized carbons (Fsp3) is 0.200. The van der Waals surface area contributed by atoms with Gasteiger partial charge in [-0.15, -0.1) is 0 Å². The molecule has 0 spiro atoms. The molecule has 25 heavy (non-hydrogen) atoms. The monoisotopic (exact) mass is 351 g/mol. The highest BCUT2D eigenvalue weighted by molar-refractivity contribution is 6.32. The Hall–Kier alpha value is -2.59. The molecule has 126 valence electrons. The van der Waals surface area contributed by atoms with Crippen LogP contribution in [-0.2, 0) is 0 Å². The third-order valence-electron chi connectivity index (χ3n) is 4.73. The Labute approximate surface area is 150 Å². The normalized spacial score (nSPS) is 14.5. The molecule has 0 saturated carbocycles. The lowest BCUT2D eigenvalue weighted by molar-refractivity contribution is 0.830. The second kappa shape index (κ2) is 6.05. The van der Waals surface area contributed by atoms with Gasteiger partial charge in [-0.3, -0.25) is 4.79 Å². The molecule has 3 aromatic rings. The van der Waals surface area contributed by atoms with Crippen LogP contribution in [0.3, 0.4) is 0 Å². The van der Waals surface area contributed by atoms with Crippen LogP contribution in [0.5, 0.6) is 0 Å². The second-order valence-corrected chi connectivity index (χ2v) is 6.68. The van der Waals surface area contributed by atoms with Crippen molar-refractivity contribution >= 4 is 28.1 Å². The van der Waals surface area contributed by atoms with Gasteiger partial charge in [0.05, 0.1) is 17.3 Å². The fourth-order valence-electron chi connectivity index (χ4n) is 3.51. The lowest BCUT2D eigenvalue weighted by Gasteiger charge is -2.12. The molecule has 1 aromatic carbocycles. The van der Waals surface area contributed by atoms with Gasteiger partial charge < -0.3 is 4.57 Å². The minimum atomic E-state index is -0.132. The van der Waals surface area contributed by atoms with Gasteiger partial charge in [0, 0.05) is 27.5 Å². The molecule has 1 aliphatic carbocycles. The number of fused-ring (bicyclic) bond motifs is 1. The molecule has 0 bridgehead atoms. The Bertz CT molecular complexity index is 1090. The summed E-state index contributed by atoms with van der Waals surface area (Å²) in [5.41, 5.74) is 3.50. The van der Waals surface area contributed by atoms with Crippen molar-refractivity contribution in [3.8, 4) is 5.69 Å². The summed E-state index contributed by atoms with van der Waals surface area (Å²) in [4.78, 5) is 13.2. The third kappa shape index (κ3) is 2.45. The molecule has 0 N–H and O–H groups in total. The Balaban J connectivity index is 2.02. The van der Waals surface area contributed by atoms with E-state index in [9.17, 15) is 4.79 Å². The third-order valence-corrected chi connectivity index (χ3v) is 5.11. The van der Waals surface area contributed by atoms with E-state index < -0.39 is 0 Å². The average molecular weight is 352 g/mol. The first-order chi connectivity index (χ1) is 12.1. The van der Waals surface area contributed by atoms with Crippen LogP contribution >= 0.6 is 11.6 Å². The first-order valence-electron chi connectivity index (χ1n) is 8.30. The van der Waals surface area contributed by atoms with Gasteiger partial charge >= 0.3 is 0 Å². The number of aryl methyl sites for hydroxylation is 2. The molecule has 0 amide bonds. The van der Waals surface area contributed by atoms with Crippen LogP contribution in [0.25, 0.3) is 22.2 Å². The van der Waals surface area contributed by atoms with Crippen LogP contribution in [0.2, 0.25) is 0 Å². The lowest BCUT2D eigenvalue weighted by atomic mass is 10.1. The summed E-state index contributed by atoms with van der Waals surface area (Å²) in [6.07, 6.45) is 7.29. The van der Waals surface area contributed by atoms with Gasteiger partial charge in [0.2, 0.25) is 0 Å². The van der Waals surface area contributed by atoms with E-state index in [1.54, 1.807) is 6.20 Å². The van der Waals surface area contributed by atoms with Crippen LogP contribution in [0, 0.1) is 13.8 Å². The zero-order valence-corrected chi connectivity index (χ0v) is 14.9. The highest BCUT2D eigenvalue weighted by Gasteiger charge is 2.19. The van der Waals surface area contributed by atoms with Gasteiger partial charge in [-0.2, -0.15) is 9.78 Å². The van der Waals surface area contributed by atoms with Gasteiger partial charge in [0.1, 0.15) is 0 Å². The summed E-state index contributed by atoms with van der Waals surface area (Å²) in [5, 5.41) is 6.62. The van der Waals surface area contributed by atoms with Gasteiger partial charge in [-0.1, -0.05) is 35.9 Å². The molecule has 2 heterocycles. The fourth-order valence-corrected chi connectivity index (χ4v) is 3.76. The molecule has 0 fully saturated rings. The number of nitrogens with zero attached hydrogens (tertiary/aromatic N) is 3. The minimum Gasteiger partial charge on any atom is -0.317 e. The number of halogens is 1. The number of aromatic nitrogens is 3. The average Bonchev–Trinajstić information content (AvgIpc) is 2.88. The summed E-state index contributed by atoms with van der Waals surface area (Å²) >= 11 is 6.34. The number of hydrogen-bond donors (Lipinski definition) is 0. The van der Waals surface area contributed by atoms with Crippen molar-refractivity contribution in [3.05, 3.63) is 75.5 Å². The smallest absolute Gasteiger partial charge is 0.281 e. The Morgan fingerprint density at radius 2 is 1.88 bits per heavy atom. The minimum absolute atomic E-state index is 0.132. The number of rotatable bonds is 2. The van der Waals surface area contributed by atoms with Crippen LogP contribution in [0.4, 0.5) is 0 Å². The van der Waals surface area contributed by atoms with E-state index in [1.807, 2.05) is 56.3 Å². The standard InChI is InChI=1S/C20H18ClN3O/c1-13-16-12-22-24(18-11-7-6-10-17(18)21)20(25)19(16)14(2)23(13)15-8-4-3-5-9-15/h3-5,7-9,11-12H,6,10H2,1-2H3. The number of allylic oxidation sites excluding steroid dienone is 4. The van der Waals surface area contributed by atoms with E-state index in [2.05, 4.69) is 9.67 Å². The van der Waals surface area contributed by atoms with Crippen molar-refractivity contribution in [2.24, 2.45) is 0 Å². The largest absolute Gasteiger partial charge is 0.317 e. The van der Waals surface area contributed by atoms with Crippen molar-refractivity contribution in [2.45, 2.75) is 26.7 Å². The highest BCUT2D eigenvalue weighted by atomic mass is 35.5. The van der Waals surface area contributed by atoms with Crippen molar-refractivity contribution in [3.63, 3.8) is 0 Å². The maximum Gasteiger partial charge on any atom is 0.281 e. The van der Waals surface area contributed by atoms with Crippen molar-refractivity contribution in [1.82, 2.24) is 14.3 Å². The predicted molar refractivity (Wildman–Crippen MR) is 102 cm³/mol. The first kappa shape index (κ1) is 15.9. The molecular weight excluding hydrogens is 334 g/mol. The van der Waals surface area contributed by atoms with Crippen molar-refractivity contribution in [2.75, 3.05) is 0 Å². The quantitative estimate of drug-likeness (QED) is 0.679. The number of hydrogen-bond acceptors (Lipinski definition) is 2. The molecule has 0 aliphatic heterocycles. The van der Waals surface area contributed by atoms with Crippen molar-refractivity contribution in [1.29, 1.82) is 0 Å². The second-order valence-electron chi connectivity index (χ2n) is 6.22. The van der Waals surface area contributed by atoms with E-state index >= 15 is 0 Å². The summed E-state index contributed by atoms with van der Waals surface area (Å²) in [5.74, 6) is 0. The predicted octanol–water partition coefficient (Wildman–Crippen LogP) is 4.56. The van der Waals surface area contributed by atoms with Gasteiger partial charge in [0.15, 0.2) is 0 Å². The van der Waals surface area contributed by atoms with Gasteiger partial charge in [-0.05, 0) is 44.9 Å². The van der Waals surface area contributed by atoms with E-state index in [0.717, 1.165) is 35.3 Å². The summed E-state index contributed by atoms with van der Waals surface area (Å²) in [6, 6.07) is 10.0. The van der Waals surface area contributed by atoms with E-state index in [0.29, 0.717) is 16.1 Å². The topological polar surface area (TPSA) is 39.8 Å². The lowest BCUT2D eigenvalue weighted by Crippen LogP contribution is -2.22. The van der Waals surface area contributed by atoms with Crippen LogP contribution in [-0.4, -0.2) is 14.3 Å². The molecule has 1 aliphatic rings. The Kier molecular flexibility index (Phi) is 3.85. The number of para-hydroxylation sites is 1. The van der Waals surface area contributed by atoms with Crippen LogP contribution in [0.15, 0.2) is 58.5 Å². The Morgan fingerprint density at radius 1 is 1.12 bits per heavy atom. The zero-order chi connectivity index (χ0) is 17.6. The first-order valence-corrected chi connectivity index (χ1v) is 8.68. The maximum absolute atomic E-state index is 13.2. The van der Waals surface area contributed by atoms with E-state index in [1.165, 1.54) is 4.68 Å². The highest BCUT2D eigenvalue weighted by Crippen LogP contribution is 2.28. The van der Waals surface area contributed by atoms with E-state index in [4.69, 9.17) is 11.6 Å². The molecule has 4 nitrogen and oxygen atoms in total. The van der Waals surface area contributed by atoms with E-state index in [-0.39, 0.29) is 5.56 Å². The molecule has 2 aromatic heterocycles. The summed E-state index contributed by atoms with van der Waals surface area (Å²) in [7, 11) is 0. The van der Waals surface area contributed by atoms with Gasteiger partial charge in [-0.25, -0.2) is 0 Å². The zero-order valence-electron chi connectivity index (χ0n) is 14.2. The maximum atomic E-state index is 13.2. The molecule has 0 atom stereocenters. The molecule has 4 rings (SSSR count). The summed E-state index contributed by atoms with van der Waals surface area (Å²) in [6.45, 7) is 3.99. The Morgan fingerprint density at radius 3 is 2.60 bits per heavy atom. The van der Waals surface area contributed by atoms with Gasteiger partial charge in [0.25, 0.3) is 5.56 Å². The molecule has 0 saturated heterocycles. The van der Waals surface area contributed by atoms with Crippen LogP contribution in [0.1, 0.15) is 24.2 Å². The summed E-state index contributed by atoms with van der Waals surface area (Å²) < 4.78 is 3.52. The number of benzene rings is 1. The van der Waals surface area contributed by atoms with Crippen molar-refractivity contribution < 1.29 is 0 Å². The molecule has 0 unspecified atom stereocenters.